The van der Waals surface area contributed by atoms with E-state index >= 15 is 0 Å². The highest BCUT2D eigenvalue weighted by molar-refractivity contribution is 5.86. The molecule has 182 valence electrons. The molecular weight excluding hydrogens is 416 g/mol. The average Bonchev–Trinajstić information content (AvgIpc) is 3.18. The molecule has 2 saturated heterocycles. The molecule has 1 aromatic rings. The van der Waals surface area contributed by atoms with Crippen LogP contribution < -0.4 is 4.90 Å². The van der Waals surface area contributed by atoms with Crippen molar-refractivity contribution in [2.24, 2.45) is 23.7 Å². The van der Waals surface area contributed by atoms with Gasteiger partial charge in [-0.2, -0.15) is 0 Å². The summed E-state index contributed by atoms with van der Waals surface area (Å²) in [7, 11) is 2.84. The fourth-order valence-corrected chi connectivity index (χ4v) is 6.86. The molecule has 1 aromatic carbocycles. The molecule has 2 aliphatic heterocycles. The quantitative estimate of drug-likeness (QED) is 0.621. The summed E-state index contributed by atoms with van der Waals surface area (Å²) in [4.78, 5) is 30.8. The largest absolute Gasteiger partial charge is 0.469 e. The topological polar surface area (TPSA) is 59.1 Å². The van der Waals surface area contributed by atoms with Gasteiger partial charge >= 0.3 is 11.9 Å². The van der Waals surface area contributed by atoms with Crippen LogP contribution >= 0.6 is 0 Å². The standard InChI is InChI=1S/C27H40N2O4/c1-19(2)20-10-12-21(13-11-20)28-16-14-27(15-17-28)24(26(31)33-4)23(25(30)32-3)18-29(27)22-8-6-5-7-9-22/h5-9,19-21,23-24H,10-18H2,1-4H3. The van der Waals surface area contributed by atoms with E-state index in [1.165, 1.54) is 39.9 Å². The molecule has 2 heterocycles. The molecule has 3 fully saturated rings. The molecule has 1 aliphatic carbocycles. The minimum atomic E-state index is -0.519. The summed E-state index contributed by atoms with van der Waals surface area (Å²) in [6.07, 6.45) is 6.86. The van der Waals surface area contributed by atoms with Gasteiger partial charge in [-0.25, -0.2) is 0 Å². The molecule has 1 saturated carbocycles. The molecule has 3 aliphatic rings. The first-order valence-corrected chi connectivity index (χ1v) is 12.6. The van der Waals surface area contributed by atoms with E-state index in [-0.39, 0.29) is 11.9 Å². The summed E-state index contributed by atoms with van der Waals surface area (Å²) in [5, 5.41) is 0. The zero-order valence-corrected chi connectivity index (χ0v) is 20.7. The highest BCUT2D eigenvalue weighted by Crippen LogP contribution is 2.49. The number of anilines is 1. The summed E-state index contributed by atoms with van der Waals surface area (Å²) >= 11 is 0. The number of benzene rings is 1. The van der Waals surface area contributed by atoms with E-state index in [9.17, 15) is 9.59 Å². The Balaban J connectivity index is 1.58. The van der Waals surface area contributed by atoms with Crippen LogP contribution in [0.3, 0.4) is 0 Å². The smallest absolute Gasteiger partial charge is 0.312 e. The van der Waals surface area contributed by atoms with E-state index in [0.29, 0.717) is 12.6 Å². The predicted octanol–water partition coefficient (Wildman–Crippen LogP) is 4.13. The molecule has 33 heavy (non-hydrogen) atoms. The van der Waals surface area contributed by atoms with Crippen molar-refractivity contribution in [2.45, 2.75) is 64.0 Å². The van der Waals surface area contributed by atoms with Crippen molar-refractivity contribution in [3.8, 4) is 0 Å². The third-order valence-electron chi connectivity index (χ3n) is 8.79. The Hall–Kier alpha value is -2.08. The Morgan fingerprint density at radius 2 is 1.55 bits per heavy atom. The molecular formula is C27H40N2O4. The van der Waals surface area contributed by atoms with E-state index < -0.39 is 17.4 Å². The number of carbonyl (C=O) groups excluding carboxylic acids is 2. The van der Waals surface area contributed by atoms with Gasteiger partial charge in [0.15, 0.2) is 0 Å². The summed E-state index contributed by atoms with van der Waals surface area (Å²) in [6, 6.07) is 10.8. The predicted molar refractivity (Wildman–Crippen MR) is 129 cm³/mol. The molecule has 0 amide bonds. The van der Waals surface area contributed by atoms with Crippen LogP contribution in [0.4, 0.5) is 5.69 Å². The Bertz CT molecular complexity index is 811. The fourth-order valence-electron chi connectivity index (χ4n) is 6.86. The number of esters is 2. The third kappa shape index (κ3) is 4.51. The number of nitrogens with zero attached hydrogens (tertiary/aromatic N) is 2. The van der Waals surface area contributed by atoms with Crippen LogP contribution in [0.2, 0.25) is 0 Å². The summed E-state index contributed by atoms with van der Waals surface area (Å²) in [5.41, 5.74) is 0.627. The first-order chi connectivity index (χ1) is 15.9. The molecule has 0 bridgehead atoms. The Labute approximate surface area is 198 Å². The fraction of sp³-hybridized carbons (Fsp3) is 0.704. The van der Waals surface area contributed by atoms with Crippen LogP contribution in [0.15, 0.2) is 30.3 Å². The number of likely N-dealkylation sites (tertiary alicyclic amines) is 1. The third-order valence-corrected chi connectivity index (χ3v) is 8.79. The van der Waals surface area contributed by atoms with Gasteiger partial charge in [0.25, 0.3) is 0 Å². The number of hydrogen-bond donors (Lipinski definition) is 0. The second kappa shape index (κ2) is 10.0. The highest BCUT2D eigenvalue weighted by Gasteiger charge is 2.60. The first-order valence-electron chi connectivity index (χ1n) is 12.6. The Kier molecular flexibility index (Phi) is 7.32. The lowest BCUT2D eigenvalue weighted by atomic mass is 9.72. The van der Waals surface area contributed by atoms with Crippen molar-refractivity contribution in [3.63, 3.8) is 0 Å². The molecule has 0 aromatic heterocycles. The first kappa shape index (κ1) is 24.1. The Morgan fingerprint density at radius 1 is 0.939 bits per heavy atom. The number of rotatable bonds is 5. The second-order valence-corrected chi connectivity index (χ2v) is 10.5. The van der Waals surface area contributed by atoms with Crippen molar-refractivity contribution in [3.05, 3.63) is 30.3 Å². The number of hydrogen-bond acceptors (Lipinski definition) is 6. The summed E-state index contributed by atoms with van der Waals surface area (Å²) in [6.45, 7) is 7.07. The molecule has 0 radical (unpaired) electrons. The van der Waals surface area contributed by atoms with Crippen molar-refractivity contribution >= 4 is 17.6 Å². The van der Waals surface area contributed by atoms with E-state index in [4.69, 9.17) is 9.47 Å². The lowest BCUT2D eigenvalue weighted by Crippen LogP contribution is -2.59. The lowest BCUT2D eigenvalue weighted by molar-refractivity contribution is -0.158. The van der Waals surface area contributed by atoms with Crippen molar-refractivity contribution in [1.82, 2.24) is 4.90 Å². The van der Waals surface area contributed by atoms with Gasteiger partial charge in [0, 0.05) is 31.4 Å². The van der Waals surface area contributed by atoms with E-state index in [1.807, 2.05) is 18.2 Å². The molecule has 6 heteroatoms. The number of piperidine rings is 1. The molecule has 1 spiro atoms. The maximum absolute atomic E-state index is 13.1. The molecule has 4 rings (SSSR count). The SMILES string of the molecule is COC(=O)C1CN(c2ccccc2)C2(CCN(C3CCC(C(C)C)CC3)CC2)C1C(=O)OC. The summed E-state index contributed by atoms with van der Waals surface area (Å²) < 4.78 is 10.4. The van der Waals surface area contributed by atoms with Gasteiger partial charge in [-0.05, 0) is 62.5 Å². The van der Waals surface area contributed by atoms with Crippen LogP contribution in [0, 0.1) is 23.7 Å². The zero-order valence-electron chi connectivity index (χ0n) is 20.7. The molecule has 0 N–H and O–H groups in total. The number of ether oxygens (including phenoxy) is 2. The van der Waals surface area contributed by atoms with Gasteiger partial charge in [0.1, 0.15) is 0 Å². The van der Waals surface area contributed by atoms with E-state index in [0.717, 1.165) is 43.5 Å². The van der Waals surface area contributed by atoms with E-state index in [2.05, 4.69) is 35.8 Å². The lowest BCUT2D eigenvalue weighted by Gasteiger charge is -2.50. The van der Waals surface area contributed by atoms with E-state index in [1.54, 1.807) is 0 Å². The van der Waals surface area contributed by atoms with Crippen LogP contribution in [0.25, 0.3) is 0 Å². The average molecular weight is 457 g/mol. The molecule has 2 atom stereocenters. The highest BCUT2D eigenvalue weighted by atomic mass is 16.5. The number of para-hydroxylation sites is 1. The van der Waals surface area contributed by atoms with Crippen molar-refractivity contribution in [2.75, 3.05) is 38.8 Å². The maximum atomic E-state index is 13.1. The Morgan fingerprint density at radius 3 is 2.09 bits per heavy atom. The van der Waals surface area contributed by atoms with Crippen molar-refractivity contribution < 1.29 is 19.1 Å². The van der Waals surface area contributed by atoms with Gasteiger partial charge < -0.3 is 19.3 Å². The van der Waals surface area contributed by atoms with Gasteiger partial charge in [0.05, 0.1) is 31.6 Å². The van der Waals surface area contributed by atoms with Crippen LogP contribution in [-0.4, -0.2) is 62.3 Å². The number of methoxy groups -OCH3 is 2. The maximum Gasteiger partial charge on any atom is 0.312 e. The minimum absolute atomic E-state index is 0.297. The normalized spacial score (nSPS) is 29.9. The summed E-state index contributed by atoms with van der Waals surface area (Å²) in [5.74, 6) is -0.0353. The minimum Gasteiger partial charge on any atom is -0.469 e. The van der Waals surface area contributed by atoms with Crippen LogP contribution in [-0.2, 0) is 19.1 Å². The number of carbonyl (C=O) groups is 2. The van der Waals surface area contributed by atoms with Crippen molar-refractivity contribution in [1.29, 1.82) is 0 Å². The second-order valence-electron chi connectivity index (χ2n) is 10.5. The van der Waals surface area contributed by atoms with Crippen LogP contribution in [0.1, 0.15) is 52.4 Å². The van der Waals surface area contributed by atoms with Gasteiger partial charge in [-0.15, -0.1) is 0 Å². The van der Waals surface area contributed by atoms with Gasteiger partial charge in [0.2, 0.25) is 0 Å². The molecule has 6 nitrogen and oxygen atoms in total. The van der Waals surface area contributed by atoms with Crippen LogP contribution in [0.5, 0.6) is 0 Å². The zero-order chi connectivity index (χ0) is 23.6. The van der Waals surface area contributed by atoms with Gasteiger partial charge in [-0.3, -0.25) is 9.59 Å². The monoisotopic (exact) mass is 456 g/mol. The van der Waals surface area contributed by atoms with Gasteiger partial charge in [-0.1, -0.05) is 32.0 Å². The molecule has 2 unspecified atom stereocenters.